The second kappa shape index (κ2) is 6.40. The third-order valence-corrected chi connectivity index (χ3v) is 2.64. The fourth-order valence-electron chi connectivity index (χ4n) is 1.84. The lowest BCUT2D eigenvalue weighted by Crippen LogP contribution is -2.36. The zero-order valence-electron chi connectivity index (χ0n) is 8.67. The molecule has 0 amide bonds. The zero-order chi connectivity index (χ0) is 11.1. The number of Topliss-reactive ketones (excluding diaryl/α,β-unsaturated/α-hetero) is 1. The third kappa shape index (κ3) is 3.87. The summed E-state index contributed by atoms with van der Waals surface area (Å²) in [6.45, 7) is 1.58. The van der Waals surface area contributed by atoms with Gasteiger partial charge in [-0.2, -0.15) is 0 Å². The number of azide groups is 1. The minimum atomic E-state index is 0.0720. The van der Waals surface area contributed by atoms with Crippen LogP contribution in [-0.4, -0.2) is 48.1 Å². The second-order valence-electron chi connectivity index (χ2n) is 3.69. The lowest BCUT2D eigenvalue weighted by atomic mass is 10.2. The van der Waals surface area contributed by atoms with E-state index < -0.39 is 0 Å². The topological polar surface area (TPSA) is 89.3 Å². The summed E-state index contributed by atoms with van der Waals surface area (Å²) in [7, 11) is 0. The van der Waals surface area contributed by atoms with Crippen molar-refractivity contribution in [2.24, 2.45) is 5.11 Å². The monoisotopic (exact) mass is 212 g/mol. The molecule has 0 radical (unpaired) electrons. The van der Waals surface area contributed by atoms with Crippen molar-refractivity contribution in [3.8, 4) is 0 Å². The Morgan fingerprint density at radius 3 is 3.13 bits per heavy atom. The van der Waals surface area contributed by atoms with Crippen molar-refractivity contribution < 1.29 is 9.90 Å². The number of carbonyl (C=O) groups excluding carboxylic acids is 1. The molecular formula is C9H16N4O2. The van der Waals surface area contributed by atoms with E-state index in [1.165, 1.54) is 0 Å². The van der Waals surface area contributed by atoms with E-state index in [9.17, 15) is 4.79 Å². The van der Waals surface area contributed by atoms with Crippen LogP contribution >= 0.6 is 0 Å². The zero-order valence-corrected chi connectivity index (χ0v) is 8.67. The minimum Gasteiger partial charge on any atom is -0.395 e. The number of rotatable bonds is 6. The Kier molecular flexibility index (Phi) is 5.10. The molecule has 1 N–H and O–H groups in total. The number of ketones is 1. The normalized spacial score (nSPS) is 21.3. The van der Waals surface area contributed by atoms with Gasteiger partial charge in [0, 0.05) is 23.9 Å². The maximum atomic E-state index is 11.4. The first kappa shape index (κ1) is 12.0. The number of hydrogen-bond acceptors (Lipinski definition) is 4. The Morgan fingerprint density at radius 2 is 2.47 bits per heavy atom. The molecule has 1 rings (SSSR count). The fourth-order valence-corrected chi connectivity index (χ4v) is 1.84. The second-order valence-corrected chi connectivity index (χ2v) is 3.69. The molecule has 0 aromatic carbocycles. The van der Waals surface area contributed by atoms with Crippen molar-refractivity contribution in [2.75, 3.05) is 26.2 Å². The molecule has 1 saturated heterocycles. The molecule has 84 valence electrons. The first-order chi connectivity index (χ1) is 7.27. The average molecular weight is 212 g/mol. The molecular weight excluding hydrogens is 196 g/mol. The van der Waals surface area contributed by atoms with E-state index in [1.54, 1.807) is 0 Å². The van der Waals surface area contributed by atoms with Crippen LogP contribution in [0.1, 0.15) is 19.3 Å². The lowest BCUT2D eigenvalue weighted by Gasteiger charge is -2.21. The van der Waals surface area contributed by atoms with Gasteiger partial charge in [-0.1, -0.05) is 5.11 Å². The molecule has 1 unspecified atom stereocenters. The smallest absolute Gasteiger partial charge is 0.146 e. The van der Waals surface area contributed by atoms with Gasteiger partial charge in [0.25, 0.3) is 0 Å². The van der Waals surface area contributed by atoms with Gasteiger partial charge in [0.1, 0.15) is 5.78 Å². The number of aliphatic hydroxyl groups excluding tert-OH is 1. The average Bonchev–Trinajstić information content (AvgIpc) is 2.65. The summed E-state index contributed by atoms with van der Waals surface area (Å²) in [4.78, 5) is 16.0. The first-order valence-corrected chi connectivity index (χ1v) is 5.15. The van der Waals surface area contributed by atoms with E-state index in [1.807, 2.05) is 4.90 Å². The van der Waals surface area contributed by atoms with Crippen molar-refractivity contribution in [3.63, 3.8) is 0 Å². The number of nitrogens with zero attached hydrogens (tertiary/aromatic N) is 4. The number of likely N-dealkylation sites (tertiary alicyclic amines) is 1. The van der Waals surface area contributed by atoms with Crippen molar-refractivity contribution in [2.45, 2.75) is 25.3 Å². The molecule has 0 aliphatic carbocycles. The first-order valence-electron chi connectivity index (χ1n) is 5.15. The number of carbonyl (C=O) groups is 1. The molecule has 1 aliphatic rings. The predicted octanol–water partition coefficient (Wildman–Crippen LogP) is 0.713. The van der Waals surface area contributed by atoms with Crippen LogP contribution < -0.4 is 0 Å². The maximum absolute atomic E-state index is 11.4. The van der Waals surface area contributed by atoms with Gasteiger partial charge in [0.15, 0.2) is 0 Å². The molecule has 0 bridgehead atoms. The van der Waals surface area contributed by atoms with Gasteiger partial charge < -0.3 is 5.11 Å². The Morgan fingerprint density at radius 1 is 1.67 bits per heavy atom. The van der Waals surface area contributed by atoms with Gasteiger partial charge in [-0.15, -0.1) is 0 Å². The number of aliphatic hydroxyl groups is 1. The Balaban J connectivity index is 2.27. The van der Waals surface area contributed by atoms with Crippen LogP contribution in [0.25, 0.3) is 10.4 Å². The van der Waals surface area contributed by atoms with Crippen LogP contribution in [-0.2, 0) is 4.79 Å². The summed E-state index contributed by atoms with van der Waals surface area (Å²) in [5, 5.41) is 12.4. The van der Waals surface area contributed by atoms with E-state index in [4.69, 9.17) is 10.6 Å². The van der Waals surface area contributed by atoms with Crippen LogP contribution in [0.2, 0.25) is 0 Å². The molecule has 0 aromatic heterocycles. The van der Waals surface area contributed by atoms with E-state index in [-0.39, 0.29) is 25.0 Å². The quantitative estimate of drug-likeness (QED) is 0.399. The summed E-state index contributed by atoms with van der Waals surface area (Å²) in [5.41, 5.74) is 8.05. The molecule has 0 spiro atoms. The van der Waals surface area contributed by atoms with Gasteiger partial charge in [0.05, 0.1) is 13.2 Å². The molecule has 6 nitrogen and oxygen atoms in total. The highest BCUT2D eigenvalue weighted by Crippen LogP contribution is 2.16. The summed E-state index contributed by atoms with van der Waals surface area (Å²) in [6, 6.07) is 0.133. The van der Waals surface area contributed by atoms with E-state index in [0.717, 1.165) is 19.4 Å². The van der Waals surface area contributed by atoms with Gasteiger partial charge in [-0.3, -0.25) is 9.69 Å². The van der Waals surface area contributed by atoms with Gasteiger partial charge in [0.2, 0.25) is 0 Å². The Bertz CT molecular complexity index is 263. The minimum absolute atomic E-state index is 0.0720. The summed E-state index contributed by atoms with van der Waals surface area (Å²) < 4.78 is 0. The highest BCUT2D eigenvalue weighted by atomic mass is 16.3. The molecule has 1 fully saturated rings. The molecule has 1 atom stereocenters. The largest absolute Gasteiger partial charge is 0.395 e. The maximum Gasteiger partial charge on any atom is 0.146 e. The van der Waals surface area contributed by atoms with E-state index >= 15 is 0 Å². The summed E-state index contributed by atoms with van der Waals surface area (Å²) in [6.07, 6.45) is 2.29. The van der Waals surface area contributed by atoms with Gasteiger partial charge >= 0.3 is 0 Å². The SMILES string of the molecule is [N-]=[N+]=NCCC(=O)CN1CCCC1CO. The van der Waals surface area contributed by atoms with Crippen molar-refractivity contribution >= 4 is 5.78 Å². The van der Waals surface area contributed by atoms with Crippen molar-refractivity contribution in [3.05, 3.63) is 10.4 Å². The van der Waals surface area contributed by atoms with Crippen LogP contribution in [0.4, 0.5) is 0 Å². The predicted molar refractivity (Wildman–Crippen MR) is 55.3 cm³/mol. The molecule has 1 heterocycles. The Labute approximate surface area is 88.5 Å². The fraction of sp³-hybridized carbons (Fsp3) is 0.889. The molecule has 15 heavy (non-hydrogen) atoms. The summed E-state index contributed by atoms with van der Waals surface area (Å²) in [5.74, 6) is 0.0720. The molecule has 6 heteroatoms. The lowest BCUT2D eigenvalue weighted by molar-refractivity contribution is -0.120. The van der Waals surface area contributed by atoms with E-state index in [2.05, 4.69) is 10.0 Å². The van der Waals surface area contributed by atoms with Crippen molar-refractivity contribution in [1.82, 2.24) is 4.90 Å². The van der Waals surface area contributed by atoms with E-state index in [0.29, 0.717) is 13.0 Å². The third-order valence-electron chi connectivity index (χ3n) is 2.64. The van der Waals surface area contributed by atoms with Crippen molar-refractivity contribution in [1.29, 1.82) is 0 Å². The molecule has 0 saturated carbocycles. The molecule has 0 aromatic rings. The van der Waals surface area contributed by atoms with Crippen LogP contribution in [0.3, 0.4) is 0 Å². The number of hydrogen-bond donors (Lipinski definition) is 1. The summed E-state index contributed by atoms with van der Waals surface area (Å²) >= 11 is 0. The van der Waals surface area contributed by atoms with Gasteiger partial charge in [-0.05, 0) is 24.9 Å². The van der Waals surface area contributed by atoms with Crippen LogP contribution in [0, 0.1) is 0 Å². The molecule has 1 aliphatic heterocycles. The Hall–Kier alpha value is -1.10. The van der Waals surface area contributed by atoms with Gasteiger partial charge in [-0.25, -0.2) is 0 Å². The highest BCUT2D eigenvalue weighted by Gasteiger charge is 2.24. The van der Waals surface area contributed by atoms with Crippen LogP contribution in [0.15, 0.2) is 5.11 Å². The highest BCUT2D eigenvalue weighted by molar-refractivity contribution is 5.80. The van der Waals surface area contributed by atoms with Crippen LogP contribution in [0.5, 0.6) is 0 Å². The standard InChI is InChI=1S/C9H16N4O2/c10-12-11-4-3-9(15)6-13-5-1-2-8(13)7-14/h8,14H,1-7H2.